The van der Waals surface area contributed by atoms with Crippen molar-refractivity contribution in [2.45, 2.75) is 51.0 Å². The molecule has 4 heterocycles. The third kappa shape index (κ3) is 1.83. The molecule has 0 fully saturated rings. The molecule has 4 N–H and O–H groups in total. The number of aromatic nitrogens is 2. The van der Waals surface area contributed by atoms with E-state index in [1.165, 1.54) is 0 Å². The van der Waals surface area contributed by atoms with E-state index in [1.54, 1.807) is 4.90 Å². The van der Waals surface area contributed by atoms with Crippen molar-refractivity contribution < 1.29 is 9.53 Å². The maximum Gasteiger partial charge on any atom is 0.326 e. The molecular formula is C21H21N5O3. The minimum absolute atomic E-state index is 0.000368. The Bertz CT molecular complexity index is 1240. The number of nitrogens with zero attached hydrogens (tertiary/aromatic N) is 2. The van der Waals surface area contributed by atoms with Crippen molar-refractivity contribution in [3.05, 3.63) is 56.5 Å². The monoisotopic (exact) mass is 391 g/mol. The molecule has 1 spiro atoms. The average Bonchev–Trinajstić information content (AvgIpc) is 3.11. The molecule has 3 aliphatic heterocycles. The lowest BCUT2D eigenvalue weighted by molar-refractivity contribution is -0.122. The number of fused-ring (bicyclic) bond motifs is 3. The van der Waals surface area contributed by atoms with E-state index < -0.39 is 16.6 Å². The van der Waals surface area contributed by atoms with Crippen LogP contribution in [0.2, 0.25) is 0 Å². The number of hydrogen-bond donors (Lipinski definition) is 3. The molecule has 5 rings (SSSR count). The lowest BCUT2D eigenvalue weighted by atomic mass is 9.70. The number of nitrogens with one attached hydrogen (secondary N) is 2. The Hall–Kier alpha value is -3.47. The Balaban J connectivity index is 2.01. The summed E-state index contributed by atoms with van der Waals surface area (Å²) in [6.07, 6.45) is 0.776. The van der Waals surface area contributed by atoms with E-state index in [0.29, 0.717) is 5.56 Å². The van der Waals surface area contributed by atoms with Gasteiger partial charge in [0.25, 0.3) is 0 Å². The van der Waals surface area contributed by atoms with Crippen molar-refractivity contribution in [1.29, 1.82) is 5.26 Å². The summed E-state index contributed by atoms with van der Waals surface area (Å²) in [6.45, 7) is 8.09. The van der Waals surface area contributed by atoms with Gasteiger partial charge in [-0.15, -0.1) is 0 Å². The zero-order valence-electron chi connectivity index (χ0n) is 16.6. The molecule has 3 aliphatic rings. The molecule has 2 aromatic rings. The topological polar surface area (TPSA) is 128 Å². The number of nitrogens with two attached hydrogens (primary N) is 1. The lowest BCUT2D eigenvalue weighted by Crippen LogP contribution is -2.54. The van der Waals surface area contributed by atoms with Gasteiger partial charge in [0.2, 0.25) is 17.7 Å². The van der Waals surface area contributed by atoms with Crippen LogP contribution in [0.25, 0.3) is 0 Å². The zero-order valence-corrected chi connectivity index (χ0v) is 16.6. The molecule has 8 nitrogen and oxygen atoms in total. The number of benzene rings is 1. The summed E-state index contributed by atoms with van der Waals surface area (Å²) in [4.78, 5) is 33.4. The maximum atomic E-state index is 14.2. The van der Waals surface area contributed by atoms with E-state index >= 15 is 0 Å². The number of hydrogen-bond acceptors (Lipinski definition) is 5. The van der Waals surface area contributed by atoms with Crippen LogP contribution in [0.3, 0.4) is 0 Å². The van der Waals surface area contributed by atoms with Crippen molar-refractivity contribution in [2.24, 2.45) is 5.73 Å². The van der Waals surface area contributed by atoms with Gasteiger partial charge < -0.3 is 20.4 Å². The van der Waals surface area contributed by atoms with E-state index in [4.69, 9.17) is 10.5 Å². The predicted molar refractivity (Wildman–Crippen MR) is 105 cm³/mol. The molecule has 0 bridgehead atoms. The number of amides is 1. The molecule has 0 saturated heterocycles. The third-order valence-electron chi connectivity index (χ3n) is 6.49. The van der Waals surface area contributed by atoms with Crippen molar-refractivity contribution in [3.8, 4) is 11.9 Å². The minimum Gasteiger partial charge on any atom is -0.422 e. The second-order valence-electron chi connectivity index (χ2n) is 8.74. The Morgan fingerprint density at radius 2 is 2.03 bits per heavy atom. The van der Waals surface area contributed by atoms with Crippen molar-refractivity contribution in [3.63, 3.8) is 0 Å². The Labute approximate surface area is 167 Å². The molecule has 2 atom stereocenters. The first-order chi connectivity index (χ1) is 13.6. The van der Waals surface area contributed by atoms with Gasteiger partial charge in [0.05, 0.1) is 5.69 Å². The van der Waals surface area contributed by atoms with Crippen LogP contribution in [0.1, 0.15) is 55.5 Å². The zero-order chi connectivity index (χ0) is 20.9. The van der Waals surface area contributed by atoms with Crippen molar-refractivity contribution >= 4 is 11.6 Å². The van der Waals surface area contributed by atoms with Gasteiger partial charge in [0, 0.05) is 11.1 Å². The van der Waals surface area contributed by atoms with E-state index in [2.05, 4.69) is 23.0 Å². The molecule has 8 heteroatoms. The van der Waals surface area contributed by atoms with Crippen LogP contribution in [0.4, 0.5) is 5.69 Å². The Kier molecular flexibility index (Phi) is 3.11. The van der Waals surface area contributed by atoms with Crippen LogP contribution >= 0.6 is 0 Å². The molecule has 0 radical (unpaired) electrons. The summed E-state index contributed by atoms with van der Waals surface area (Å²) in [5.41, 5.74) is 7.20. The molecule has 0 unspecified atom stereocenters. The molecular weight excluding hydrogens is 370 g/mol. The number of anilines is 1. The number of ether oxygens (including phenoxy) is 1. The normalized spacial score (nSPS) is 26.2. The fourth-order valence-electron chi connectivity index (χ4n) is 5.51. The van der Waals surface area contributed by atoms with Crippen LogP contribution in [0.15, 0.2) is 28.4 Å². The first-order valence-corrected chi connectivity index (χ1v) is 9.54. The Morgan fingerprint density at radius 1 is 1.31 bits per heavy atom. The van der Waals surface area contributed by atoms with Crippen molar-refractivity contribution in [2.75, 3.05) is 4.90 Å². The van der Waals surface area contributed by atoms with Crippen LogP contribution < -0.4 is 21.1 Å². The summed E-state index contributed by atoms with van der Waals surface area (Å²) in [6, 6.07) is 6.12. The van der Waals surface area contributed by atoms with Gasteiger partial charge in [0.15, 0.2) is 5.41 Å². The van der Waals surface area contributed by atoms with Crippen molar-refractivity contribution in [1.82, 2.24) is 9.97 Å². The van der Waals surface area contributed by atoms with Gasteiger partial charge in [-0.3, -0.25) is 9.78 Å². The highest BCUT2D eigenvalue weighted by molar-refractivity contribution is 6.16. The number of aromatic amines is 2. The van der Waals surface area contributed by atoms with E-state index in [0.717, 1.165) is 23.2 Å². The predicted octanol–water partition coefficient (Wildman–Crippen LogP) is 2.02. The highest BCUT2D eigenvalue weighted by Crippen LogP contribution is 2.60. The SMILES string of the molecule is Cc1ccc2c3c1[C@]1(C(=O)N3C(C)(C)C[C@H]2C)C(C#N)=C(N)Oc2[nH]c(=O)[nH]c21. The number of nitriles is 1. The summed E-state index contributed by atoms with van der Waals surface area (Å²) in [5, 5.41) is 10.0. The van der Waals surface area contributed by atoms with Crippen LogP contribution in [-0.4, -0.2) is 21.4 Å². The highest BCUT2D eigenvalue weighted by atomic mass is 16.5. The molecule has 0 saturated carbocycles. The van der Waals surface area contributed by atoms with E-state index in [1.807, 2.05) is 32.9 Å². The molecule has 1 aromatic heterocycles. The number of aryl methyl sites for hydroxylation is 1. The van der Waals surface area contributed by atoms with Gasteiger partial charge in [-0.25, -0.2) is 4.79 Å². The van der Waals surface area contributed by atoms with Gasteiger partial charge in [-0.05, 0) is 44.2 Å². The number of rotatable bonds is 0. The summed E-state index contributed by atoms with van der Waals surface area (Å²) in [7, 11) is 0. The number of H-pyrrole nitrogens is 2. The molecule has 29 heavy (non-hydrogen) atoms. The standard InChI is InChI=1S/C21H21N5O3/c1-9-5-6-11-10(2)7-20(3,4)26-14(11)13(9)21(18(26)27)12(8-22)16(23)29-17-15(21)24-19(28)25-17/h5-6,10H,7,23H2,1-4H3,(H2,24,25,28)/t10-,21-/m1/s1. The summed E-state index contributed by atoms with van der Waals surface area (Å²) in [5.74, 6) is -0.164. The van der Waals surface area contributed by atoms with Crippen LogP contribution in [0, 0.1) is 18.3 Å². The van der Waals surface area contributed by atoms with Gasteiger partial charge in [-0.1, -0.05) is 19.1 Å². The van der Waals surface area contributed by atoms with Gasteiger partial charge in [0.1, 0.15) is 17.3 Å². The third-order valence-corrected chi connectivity index (χ3v) is 6.49. The van der Waals surface area contributed by atoms with Gasteiger partial charge >= 0.3 is 5.69 Å². The number of carbonyl (C=O) groups is 1. The Morgan fingerprint density at radius 3 is 2.72 bits per heavy atom. The number of imidazole rings is 1. The second kappa shape index (κ2) is 5.11. The van der Waals surface area contributed by atoms with E-state index in [-0.39, 0.29) is 34.9 Å². The highest BCUT2D eigenvalue weighted by Gasteiger charge is 2.64. The summed E-state index contributed by atoms with van der Waals surface area (Å²) >= 11 is 0. The van der Waals surface area contributed by atoms with Crippen LogP contribution in [-0.2, 0) is 10.2 Å². The van der Waals surface area contributed by atoms with E-state index in [9.17, 15) is 14.9 Å². The lowest BCUT2D eigenvalue weighted by Gasteiger charge is -2.44. The quantitative estimate of drug-likeness (QED) is 0.633. The first kappa shape index (κ1) is 17.6. The second-order valence-corrected chi connectivity index (χ2v) is 8.74. The van der Waals surface area contributed by atoms with Crippen LogP contribution in [0.5, 0.6) is 5.88 Å². The average molecular weight is 391 g/mol. The number of carbonyl (C=O) groups excluding carboxylic acids is 1. The molecule has 1 amide bonds. The van der Waals surface area contributed by atoms with Gasteiger partial charge in [-0.2, -0.15) is 5.26 Å². The fourth-order valence-corrected chi connectivity index (χ4v) is 5.51. The summed E-state index contributed by atoms with van der Waals surface area (Å²) < 4.78 is 5.51. The largest absolute Gasteiger partial charge is 0.422 e. The maximum absolute atomic E-state index is 14.2. The fraction of sp³-hybridized carbons (Fsp3) is 0.381. The molecule has 1 aromatic carbocycles. The minimum atomic E-state index is -1.54. The molecule has 148 valence electrons. The molecule has 0 aliphatic carbocycles. The smallest absolute Gasteiger partial charge is 0.326 e. The first-order valence-electron chi connectivity index (χ1n) is 9.54.